The highest BCUT2D eigenvalue weighted by Crippen LogP contribution is 2.40. The quantitative estimate of drug-likeness (QED) is 0.219. The van der Waals surface area contributed by atoms with E-state index in [2.05, 4.69) is 32.9 Å². The standard InChI is InChI=1S/C26H26F4O/c1-7-9-11-15(3)21(27)13-16(4)18(6)22(28)25-17(5)12-20-14-19(10-8-2)23(29)24(30)26(20)31-25/h7,13-14H,1,3-6,8-12H2,2H3/b21-13+,25-22-. The number of rotatable bonds is 9. The molecule has 0 radical (unpaired) electrons. The fourth-order valence-corrected chi connectivity index (χ4v) is 3.11. The lowest BCUT2D eigenvalue weighted by Crippen LogP contribution is -2.15. The van der Waals surface area contributed by atoms with E-state index < -0.39 is 23.3 Å². The van der Waals surface area contributed by atoms with Gasteiger partial charge in [0.05, 0.1) is 0 Å². The van der Waals surface area contributed by atoms with E-state index in [1.54, 1.807) is 6.08 Å². The number of hydrogen-bond donors (Lipinski definition) is 0. The molecule has 0 spiro atoms. The highest BCUT2D eigenvalue weighted by atomic mass is 19.2. The average Bonchev–Trinajstić information content (AvgIpc) is 2.74. The van der Waals surface area contributed by atoms with Gasteiger partial charge in [0.25, 0.3) is 0 Å². The first-order valence-electron chi connectivity index (χ1n) is 9.92. The van der Waals surface area contributed by atoms with Gasteiger partial charge in [-0.15, -0.1) is 6.58 Å². The molecule has 0 atom stereocenters. The number of allylic oxidation sites excluding steroid dienone is 8. The Kier molecular flexibility index (Phi) is 8.03. The molecule has 31 heavy (non-hydrogen) atoms. The van der Waals surface area contributed by atoms with Gasteiger partial charge in [0.15, 0.2) is 23.2 Å². The molecule has 0 amide bonds. The van der Waals surface area contributed by atoms with Crippen molar-refractivity contribution in [1.82, 2.24) is 0 Å². The molecular formula is C26H26F4O. The summed E-state index contributed by atoms with van der Waals surface area (Å²) in [5.74, 6) is -4.57. The van der Waals surface area contributed by atoms with Crippen molar-refractivity contribution in [3.8, 4) is 5.75 Å². The molecule has 0 fully saturated rings. The van der Waals surface area contributed by atoms with Gasteiger partial charge >= 0.3 is 0 Å². The largest absolute Gasteiger partial charge is 0.450 e. The minimum atomic E-state index is -1.17. The summed E-state index contributed by atoms with van der Waals surface area (Å²) in [7, 11) is 0. The van der Waals surface area contributed by atoms with Crippen LogP contribution in [0.3, 0.4) is 0 Å². The predicted octanol–water partition coefficient (Wildman–Crippen LogP) is 8.08. The van der Waals surface area contributed by atoms with Crippen molar-refractivity contribution in [2.45, 2.75) is 39.0 Å². The van der Waals surface area contributed by atoms with Crippen LogP contribution in [-0.2, 0) is 12.8 Å². The molecule has 0 saturated carbocycles. The summed E-state index contributed by atoms with van der Waals surface area (Å²) >= 11 is 0. The number of halogens is 4. The van der Waals surface area contributed by atoms with Gasteiger partial charge in [-0.3, -0.25) is 0 Å². The molecule has 1 aromatic rings. The van der Waals surface area contributed by atoms with Crippen LogP contribution in [0.15, 0.2) is 90.8 Å². The molecule has 0 bridgehead atoms. The van der Waals surface area contributed by atoms with Crippen LogP contribution in [-0.4, -0.2) is 0 Å². The molecule has 1 aromatic carbocycles. The van der Waals surface area contributed by atoms with Gasteiger partial charge in [0, 0.05) is 17.6 Å². The van der Waals surface area contributed by atoms with E-state index in [0.717, 1.165) is 6.08 Å². The molecule has 2 rings (SSSR count). The second-order valence-corrected chi connectivity index (χ2v) is 7.35. The minimum Gasteiger partial charge on any atom is -0.450 e. The van der Waals surface area contributed by atoms with E-state index in [-0.39, 0.29) is 45.8 Å². The number of fused-ring (bicyclic) bond motifs is 1. The van der Waals surface area contributed by atoms with Crippen molar-refractivity contribution in [1.29, 1.82) is 0 Å². The maximum atomic E-state index is 15.1. The summed E-state index contributed by atoms with van der Waals surface area (Å²) in [5, 5.41) is 0. The molecule has 0 N–H and O–H groups in total. The summed E-state index contributed by atoms with van der Waals surface area (Å²) in [6, 6.07) is 1.51. The van der Waals surface area contributed by atoms with Crippen molar-refractivity contribution >= 4 is 0 Å². The third kappa shape index (κ3) is 5.35. The van der Waals surface area contributed by atoms with Crippen LogP contribution in [0.25, 0.3) is 0 Å². The number of ether oxygens (including phenoxy) is 1. The molecule has 0 unspecified atom stereocenters. The van der Waals surface area contributed by atoms with Crippen molar-refractivity contribution in [3.05, 3.63) is 114 Å². The van der Waals surface area contributed by atoms with Crippen LogP contribution in [0.2, 0.25) is 0 Å². The highest BCUT2D eigenvalue weighted by Gasteiger charge is 2.29. The van der Waals surface area contributed by atoms with Crippen LogP contribution in [0.4, 0.5) is 17.6 Å². The molecule has 164 valence electrons. The Hall–Kier alpha value is -3.08. The van der Waals surface area contributed by atoms with Gasteiger partial charge in [-0.1, -0.05) is 45.7 Å². The van der Waals surface area contributed by atoms with E-state index in [0.29, 0.717) is 31.2 Å². The summed E-state index contributed by atoms with van der Waals surface area (Å²) in [6.07, 6.45) is 4.64. The van der Waals surface area contributed by atoms with Gasteiger partial charge in [0.2, 0.25) is 5.82 Å². The van der Waals surface area contributed by atoms with Crippen LogP contribution in [0.5, 0.6) is 5.75 Å². The zero-order valence-electron chi connectivity index (χ0n) is 17.7. The summed E-state index contributed by atoms with van der Waals surface area (Å²) in [6.45, 7) is 20.1. The van der Waals surface area contributed by atoms with Crippen LogP contribution < -0.4 is 4.74 Å². The molecule has 0 saturated heterocycles. The number of aryl methyl sites for hydroxylation is 1. The predicted molar refractivity (Wildman–Crippen MR) is 118 cm³/mol. The highest BCUT2D eigenvalue weighted by molar-refractivity contribution is 5.55. The molecule has 1 heterocycles. The lowest BCUT2D eigenvalue weighted by Gasteiger charge is -2.24. The molecule has 1 nitrogen and oxygen atoms in total. The smallest absolute Gasteiger partial charge is 0.201 e. The molecular weight excluding hydrogens is 404 g/mol. The normalized spacial score (nSPS) is 15.1. The van der Waals surface area contributed by atoms with Crippen molar-refractivity contribution in [2.75, 3.05) is 0 Å². The van der Waals surface area contributed by atoms with Crippen LogP contribution >= 0.6 is 0 Å². The van der Waals surface area contributed by atoms with E-state index in [9.17, 15) is 13.2 Å². The van der Waals surface area contributed by atoms with Crippen molar-refractivity contribution < 1.29 is 22.3 Å². The zero-order chi connectivity index (χ0) is 23.3. The van der Waals surface area contributed by atoms with E-state index in [1.807, 2.05) is 6.92 Å². The molecule has 0 aliphatic carbocycles. The van der Waals surface area contributed by atoms with Crippen LogP contribution in [0, 0.1) is 11.6 Å². The Labute approximate surface area is 181 Å². The maximum Gasteiger partial charge on any atom is 0.201 e. The SMILES string of the molecule is C=CCCC(=C)/C(F)=C\C(=C)C(=C)/C(F)=C1/Oc2c(cc(CCC)c(F)c2F)CC1=C. The molecule has 1 aliphatic heterocycles. The van der Waals surface area contributed by atoms with E-state index >= 15 is 4.39 Å². The third-order valence-electron chi connectivity index (χ3n) is 4.90. The number of hydrogen-bond acceptors (Lipinski definition) is 1. The number of benzene rings is 1. The van der Waals surface area contributed by atoms with E-state index in [4.69, 9.17) is 4.74 Å². The topological polar surface area (TPSA) is 9.23 Å². The molecule has 0 aromatic heterocycles. The molecule has 5 heteroatoms. The third-order valence-corrected chi connectivity index (χ3v) is 4.90. The first kappa shape index (κ1) is 24.2. The van der Waals surface area contributed by atoms with Gasteiger partial charge in [-0.2, -0.15) is 4.39 Å². The summed E-state index contributed by atoms with van der Waals surface area (Å²) < 4.78 is 63.6. The minimum absolute atomic E-state index is 0.0469. The fourth-order valence-electron chi connectivity index (χ4n) is 3.11. The summed E-state index contributed by atoms with van der Waals surface area (Å²) in [4.78, 5) is 0. The average molecular weight is 430 g/mol. The van der Waals surface area contributed by atoms with E-state index in [1.165, 1.54) is 6.07 Å². The Bertz CT molecular complexity index is 1020. The Balaban J connectivity index is 2.34. The zero-order valence-corrected chi connectivity index (χ0v) is 17.7. The fraction of sp³-hybridized carbons (Fsp3) is 0.231. The maximum absolute atomic E-state index is 15.1. The molecule has 1 aliphatic rings. The Morgan fingerprint density at radius 2 is 1.84 bits per heavy atom. The first-order valence-corrected chi connectivity index (χ1v) is 9.92. The first-order chi connectivity index (χ1) is 14.6. The monoisotopic (exact) mass is 430 g/mol. The Morgan fingerprint density at radius 3 is 2.45 bits per heavy atom. The van der Waals surface area contributed by atoms with Gasteiger partial charge in [0.1, 0.15) is 5.83 Å². The lowest BCUT2D eigenvalue weighted by atomic mass is 9.95. The summed E-state index contributed by atoms with van der Waals surface area (Å²) in [5.41, 5.74) is 0.766. The van der Waals surface area contributed by atoms with Crippen molar-refractivity contribution in [3.63, 3.8) is 0 Å². The lowest BCUT2D eigenvalue weighted by molar-refractivity contribution is 0.354. The van der Waals surface area contributed by atoms with Gasteiger partial charge in [-0.05, 0) is 53.7 Å². The van der Waals surface area contributed by atoms with Gasteiger partial charge in [-0.25, -0.2) is 13.2 Å². The Morgan fingerprint density at radius 1 is 1.16 bits per heavy atom. The van der Waals surface area contributed by atoms with Crippen LogP contribution in [0.1, 0.15) is 37.3 Å². The second kappa shape index (κ2) is 10.3. The van der Waals surface area contributed by atoms with Crippen molar-refractivity contribution in [2.24, 2.45) is 0 Å². The second-order valence-electron chi connectivity index (χ2n) is 7.35. The van der Waals surface area contributed by atoms with Gasteiger partial charge < -0.3 is 4.74 Å².